The first kappa shape index (κ1) is 17.1. The zero-order chi connectivity index (χ0) is 16.4. The number of hydrogen-bond donors (Lipinski definition) is 1. The molecule has 1 amide bonds. The zero-order valence-corrected chi connectivity index (χ0v) is 12.9. The number of rotatable bonds is 4. The largest absolute Gasteiger partial charge is 0.361 e. The fourth-order valence-electron chi connectivity index (χ4n) is 2.14. The Balaban J connectivity index is 0.00000208. The molecule has 0 unspecified atom stereocenters. The van der Waals surface area contributed by atoms with Crippen molar-refractivity contribution >= 4 is 28.4 Å². The van der Waals surface area contributed by atoms with Crippen molar-refractivity contribution in [2.75, 3.05) is 24.3 Å². The van der Waals surface area contributed by atoms with Crippen molar-refractivity contribution in [3.63, 3.8) is 0 Å². The fourth-order valence-corrected chi connectivity index (χ4v) is 2.14. The lowest BCUT2D eigenvalue weighted by Gasteiger charge is -2.12. The van der Waals surface area contributed by atoms with Crippen molar-refractivity contribution in [2.45, 2.75) is 7.43 Å². The van der Waals surface area contributed by atoms with Crippen molar-refractivity contribution in [3.8, 4) is 5.82 Å². The van der Waals surface area contributed by atoms with Gasteiger partial charge in [-0.2, -0.15) is 0 Å². The van der Waals surface area contributed by atoms with E-state index < -0.39 is 0 Å². The molecule has 0 radical (unpaired) electrons. The molecule has 7 heteroatoms. The molecule has 0 bridgehead atoms. The number of carbonyl (C=O) groups excluding carboxylic acids is 1. The maximum atomic E-state index is 11.5. The normalized spacial score (nSPS) is 10.1. The van der Waals surface area contributed by atoms with Crippen molar-refractivity contribution < 1.29 is 4.79 Å². The van der Waals surface area contributed by atoms with Crippen molar-refractivity contribution in [1.82, 2.24) is 19.5 Å². The van der Waals surface area contributed by atoms with E-state index in [1.807, 2.05) is 35.7 Å². The number of hydrogen-bond acceptors (Lipinski definition) is 5. The van der Waals surface area contributed by atoms with Crippen LogP contribution in [0.4, 0.5) is 11.5 Å². The van der Waals surface area contributed by atoms with Gasteiger partial charge in [0, 0.05) is 19.8 Å². The summed E-state index contributed by atoms with van der Waals surface area (Å²) in [5.74, 6) is 1.15. The standard InChI is InChI=1S/C16H16N6O.CH4/c1-4-16(23)19-11-5-6-12-13(7-11)22(10-18-12)15-9-17-8-14(20-15)21(2)3;/h4-10H,1H2,2-3H3,(H,19,23);1H4. The van der Waals surface area contributed by atoms with E-state index in [4.69, 9.17) is 0 Å². The minimum absolute atomic E-state index is 0. The Labute approximate surface area is 140 Å². The van der Waals surface area contributed by atoms with Gasteiger partial charge in [0.1, 0.15) is 12.1 Å². The number of benzene rings is 1. The number of fused-ring (bicyclic) bond motifs is 1. The van der Waals surface area contributed by atoms with E-state index >= 15 is 0 Å². The number of nitrogens with one attached hydrogen (secondary N) is 1. The van der Waals surface area contributed by atoms with Crippen LogP contribution in [0, 0.1) is 0 Å². The van der Waals surface area contributed by atoms with Crippen LogP contribution in [-0.2, 0) is 4.79 Å². The van der Waals surface area contributed by atoms with Gasteiger partial charge in [-0.1, -0.05) is 14.0 Å². The van der Waals surface area contributed by atoms with E-state index in [0.29, 0.717) is 11.5 Å². The van der Waals surface area contributed by atoms with Crippen LogP contribution in [0.2, 0.25) is 0 Å². The summed E-state index contributed by atoms with van der Waals surface area (Å²) in [6, 6.07) is 5.48. The lowest BCUT2D eigenvalue weighted by Crippen LogP contribution is -2.12. The highest BCUT2D eigenvalue weighted by Gasteiger charge is 2.09. The number of amides is 1. The number of nitrogens with zero attached hydrogens (tertiary/aromatic N) is 5. The van der Waals surface area contributed by atoms with Crippen LogP contribution in [-0.4, -0.2) is 39.5 Å². The van der Waals surface area contributed by atoms with Gasteiger partial charge in [0.2, 0.25) is 5.91 Å². The molecule has 2 heterocycles. The lowest BCUT2D eigenvalue weighted by atomic mass is 10.2. The molecule has 124 valence electrons. The second-order valence-corrected chi connectivity index (χ2v) is 5.14. The highest BCUT2D eigenvalue weighted by atomic mass is 16.1. The molecule has 7 nitrogen and oxygen atoms in total. The molecule has 0 atom stereocenters. The smallest absolute Gasteiger partial charge is 0.247 e. The zero-order valence-electron chi connectivity index (χ0n) is 12.9. The number of aromatic nitrogens is 4. The van der Waals surface area contributed by atoms with Gasteiger partial charge in [-0.25, -0.2) is 9.97 Å². The van der Waals surface area contributed by atoms with E-state index in [9.17, 15) is 4.79 Å². The first-order valence-corrected chi connectivity index (χ1v) is 6.99. The number of carbonyl (C=O) groups is 1. The van der Waals surface area contributed by atoms with E-state index in [1.54, 1.807) is 24.8 Å². The molecule has 0 aliphatic rings. The van der Waals surface area contributed by atoms with Gasteiger partial charge >= 0.3 is 0 Å². The Morgan fingerprint density at radius 3 is 2.83 bits per heavy atom. The molecule has 1 aromatic carbocycles. The van der Waals surface area contributed by atoms with Gasteiger partial charge in [0.15, 0.2) is 5.82 Å². The van der Waals surface area contributed by atoms with Crippen LogP contribution in [0.5, 0.6) is 0 Å². The molecule has 0 aliphatic heterocycles. The van der Waals surface area contributed by atoms with Crippen LogP contribution >= 0.6 is 0 Å². The van der Waals surface area contributed by atoms with Crippen molar-refractivity contribution in [1.29, 1.82) is 0 Å². The third-order valence-electron chi connectivity index (χ3n) is 3.31. The fraction of sp³-hybridized carbons (Fsp3) is 0.176. The molecule has 2 aromatic heterocycles. The summed E-state index contributed by atoms with van der Waals surface area (Å²) in [7, 11) is 3.81. The molecule has 0 aliphatic carbocycles. The third kappa shape index (κ3) is 3.24. The summed E-state index contributed by atoms with van der Waals surface area (Å²) in [5.41, 5.74) is 2.30. The Morgan fingerprint density at radius 1 is 1.33 bits per heavy atom. The Kier molecular flexibility index (Phi) is 4.93. The molecule has 0 saturated heterocycles. The minimum Gasteiger partial charge on any atom is -0.361 e. The molecule has 1 N–H and O–H groups in total. The minimum atomic E-state index is -0.259. The SMILES string of the molecule is C.C=CC(=O)Nc1ccc2ncn(-c3cncc(N(C)C)n3)c2c1. The summed E-state index contributed by atoms with van der Waals surface area (Å²) >= 11 is 0. The van der Waals surface area contributed by atoms with E-state index in [0.717, 1.165) is 16.9 Å². The highest BCUT2D eigenvalue weighted by molar-refractivity contribution is 6.00. The molecule has 3 rings (SSSR count). The molecule has 3 aromatic rings. The third-order valence-corrected chi connectivity index (χ3v) is 3.31. The van der Waals surface area contributed by atoms with Gasteiger partial charge in [-0.05, 0) is 24.3 Å². The molecule has 0 saturated carbocycles. The summed E-state index contributed by atoms with van der Waals surface area (Å²) in [6.07, 6.45) is 6.28. The maximum absolute atomic E-state index is 11.5. The van der Waals surface area contributed by atoms with E-state index in [1.165, 1.54) is 6.08 Å². The van der Waals surface area contributed by atoms with Gasteiger partial charge in [0.05, 0.1) is 23.4 Å². The Hall–Kier alpha value is -3.22. The monoisotopic (exact) mass is 324 g/mol. The lowest BCUT2D eigenvalue weighted by molar-refractivity contribution is -0.111. The summed E-state index contributed by atoms with van der Waals surface area (Å²) < 4.78 is 1.83. The molecule has 24 heavy (non-hydrogen) atoms. The second kappa shape index (κ2) is 6.91. The van der Waals surface area contributed by atoms with Gasteiger partial charge < -0.3 is 10.2 Å². The quantitative estimate of drug-likeness (QED) is 0.747. The highest BCUT2D eigenvalue weighted by Crippen LogP contribution is 2.21. The van der Waals surface area contributed by atoms with Crippen LogP contribution in [0.3, 0.4) is 0 Å². The molecule has 0 spiro atoms. The van der Waals surface area contributed by atoms with E-state index in [2.05, 4.69) is 26.8 Å². The topological polar surface area (TPSA) is 75.9 Å². The van der Waals surface area contributed by atoms with Crippen molar-refractivity contribution in [2.24, 2.45) is 0 Å². The Morgan fingerprint density at radius 2 is 2.12 bits per heavy atom. The average molecular weight is 324 g/mol. The molecular formula is C17H20N6O. The van der Waals surface area contributed by atoms with Crippen LogP contribution < -0.4 is 10.2 Å². The first-order valence-electron chi connectivity index (χ1n) is 6.99. The average Bonchev–Trinajstić information content (AvgIpc) is 2.98. The van der Waals surface area contributed by atoms with Crippen LogP contribution in [0.25, 0.3) is 16.9 Å². The predicted molar refractivity (Wildman–Crippen MR) is 96.5 cm³/mol. The van der Waals surface area contributed by atoms with Gasteiger partial charge in [-0.3, -0.25) is 14.3 Å². The summed E-state index contributed by atoms with van der Waals surface area (Å²) in [5, 5.41) is 2.74. The molecular weight excluding hydrogens is 304 g/mol. The maximum Gasteiger partial charge on any atom is 0.247 e. The summed E-state index contributed by atoms with van der Waals surface area (Å²) in [6.45, 7) is 3.45. The summed E-state index contributed by atoms with van der Waals surface area (Å²) in [4.78, 5) is 26.5. The number of imidazole rings is 1. The van der Waals surface area contributed by atoms with Crippen LogP contribution in [0.15, 0.2) is 49.6 Å². The Bertz CT molecular complexity index is 884. The van der Waals surface area contributed by atoms with Gasteiger partial charge in [-0.15, -0.1) is 0 Å². The first-order chi connectivity index (χ1) is 11.1. The predicted octanol–water partition coefficient (Wildman–Crippen LogP) is 2.64. The second-order valence-electron chi connectivity index (χ2n) is 5.14. The van der Waals surface area contributed by atoms with Crippen LogP contribution in [0.1, 0.15) is 7.43 Å². The molecule has 0 fully saturated rings. The van der Waals surface area contributed by atoms with Gasteiger partial charge in [0.25, 0.3) is 0 Å². The van der Waals surface area contributed by atoms with Crippen molar-refractivity contribution in [3.05, 3.63) is 49.6 Å². The van der Waals surface area contributed by atoms with E-state index in [-0.39, 0.29) is 13.3 Å². The number of anilines is 2.